The Morgan fingerprint density at radius 1 is 1.31 bits per heavy atom. The van der Waals surface area contributed by atoms with Gasteiger partial charge in [-0.05, 0) is 18.3 Å². The second-order valence-electron chi connectivity index (χ2n) is 3.86. The summed E-state index contributed by atoms with van der Waals surface area (Å²) in [5, 5.41) is 2.78. The van der Waals surface area contributed by atoms with Gasteiger partial charge in [0.15, 0.2) is 0 Å². The molecule has 1 rings (SSSR count). The average molecular weight is 212 g/mol. The molecule has 0 aromatic rings. The van der Waals surface area contributed by atoms with Crippen LogP contribution in [0.3, 0.4) is 0 Å². The second-order valence-corrected chi connectivity index (χ2v) is 4.13. The molecule has 0 aromatic carbocycles. The zero-order valence-corrected chi connectivity index (χ0v) is 8.42. The lowest BCUT2D eigenvalue weighted by Gasteiger charge is -2.26. The minimum Gasteiger partial charge on any atom is -0.311 e. The van der Waals surface area contributed by atoms with Gasteiger partial charge < -0.3 is 5.32 Å². The lowest BCUT2D eigenvalue weighted by atomic mass is 9.88. The van der Waals surface area contributed by atoms with Crippen molar-refractivity contribution in [1.29, 1.82) is 0 Å². The highest BCUT2D eigenvalue weighted by atomic mass is 35.5. The largest absolute Gasteiger partial charge is 0.311 e. The zero-order valence-electron chi connectivity index (χ0n) is 7.66. The summed E-state index contributed by atoms with van der Waals surface area (Å²) >= 11 is 5.85. The summed E-state index contributed by atoms with van der Waals surface area (Å²) in [4.78, 5) is 0. The fourth-order valence-corrected chi connectivity index (χ4v) is 2.29. The monoisotopic (exact) mass is 211 g/mol. The molecule has 1 N–H and O–H groups in total. The van der Waals surface area contributed by atoms with Crippen molar-refractivity contribution in [3.05, 3.63) is 0 Å². The fourth-order valence-electron chi connectivity index (χ4n) is 1.93. The Hall–Kier alpha value is 0.110. The highest BCUT2D eigenvalue weighted by molar-refractivity contribution is 6.18. The summed E-state index contributed by atoms with van der Waals surface area (Å²) in [5.41, 5.74) is 0.0937. The van der Waals surface area contributed by atoms with Crippen LogP contribution >= 0.6 is 11.6 Å². The van der Waals surface area contributed by atoms with Crippen molar-refractivity contribution < 1.29 is 8.78 Å². The van der Waals surface area contributed by atoms with Gasteiger partial charge in [-0.1, -0.05) is 12.8 Å². The molecule has 0 atom stereocenters. The third-order valence-corrected chi connectivity index (χ3v) is 3.31. The SMILES string of the molecule is FC(F)CNCC1(CCl)CCCC1. The molecular formula is C9H16ClF2N. The van der Waals surface area contributed by atoms with Crippen LogP contribution in [0.15, 0.2) is 0 Å². The molecule has 78 valence electrons. The fraction of sp³-hybridized carbons (Fsp3) is 1.00. The molecule has 13 heavy (non-hydrogen) atoms. The molecule has 1 saturated carbocycles. The lowest BCUT2D eigenvalue weighted by molar-refractivity contribution is 0.140. The molecule has 0 bridgehead atoms. The molecule has 0 spiro atoms. The van der Waals surface area contributed by atoms with Crippen LogP contribution in [-0.2, 0) is 0 Å². The standard InChI is InChI=1S/C9H16ClF2N/c10-6-9(3-1-2-4-9)7-13-5-8(11)12/h8,13H,1-7H2. The molecule has 1 aliphatic rings. The van der Waals surface area contributed by atoms with E-state index in [1.165, 1.54) is 12.8 Å². The smallest absolute Gasteiger partial charge is 0.250 e. The van der Waals surface area contributed by atoms with Crippen molar-refractivity contribution in [3.63, 3.8) is 0 Å². The topological polar surface area (TPSA) is 12.0 Å². The first kappa shape index (κ1) is 11.2. The Labute approximate surface area is 82.8 Å². The Bertz CT molecular complexity index is 147. The summed E-state index contributed by atoms with van der Waals surface area (Å²) in [6.07, 6.45) is 2.26. The normalized spacial score (nSPS) is 21.2. The lowest BCUT2D eigenvalue weighted by Crippen LogP contribution is -2.35. The quantitative estimate of drug-likeness (QED) is 0.690. The first-order valence-corrected chi connectivity index (χ1v) is 5.27. The van der Waals surface area contributed by atoms with E-state index >= 15 is 0 Å². The van der Waals surface area contributed by atoms with E-state index in [2.05, 4.69) is 5.32 Å². The maximum absolute atomic E-state index is 11.8. The minimum atomic E-state index is -2.26. The molecule has 1 fully saturated rings. The van der Waals surface area contributed by atoms with Crippen LogP contribution in [0, 0.1) is 5.41 Å². The molecule has 0 saturated heterocycles. The van der Waals surface area contributed by atoms with Gasteiger partial charge in [-0.15, -0.1) is 11.6 Å². The van der Waals surface area contributed by atoms with Gasteiger partial charge in [-0.25, -0.2) is 8.78 Å². The van der Waals surface area contributed by atoms with E-state index in [1.54, 1.807) is 0 Å². The van der Waals surface area contributed by atoms with E-state index in [0.29, 0.717) is 12.4 Å². The van der Waals surface area contributed by atoms with E-state index in [4.69, 9.17) is 11.6 Å². The predicted octanol–water partition coefficient (Wildman–Crippen LogP) is 2.64. The number of alkyl halides is 3. The van der Waals surface area contributed by atoms with Gasteiger partial charge >= 0.3 is 0 Å². The van der Waals surface area contributed by atoms with E-state index < -0.39 is 6.43 Å². The van der Waals surface area contributed by atoms with Gasteiger partial charge in [0.25, 0.3) is 6.43 Å². The van der Waals surface area contributed by atoms with Crippen LogP contribution in [0.2, 0.25) is 0 Å². The number of nitrogens with one attached hydrogen (secondary N) is 1. The van der Waals surface area contributed by atoms with E-state index in [1.807, 2.05) is 0 Å². The molecule has 1 nitrogen and oxygen atoms in total. The molecule has 0 aromatic heterocycles. The summed E-state index contributed by atoms with van der Waals surface area (Å²) in [6, 6.07) is 0. The molecular weight excluding hydrogens is 196 g/mol. The molecule has 0 unspecified atom stereocenters. The summed E-state index contributed by atoms with van der Waals surface area (Å²) in [7, 11) is 0. The molecule has 0 heterocycles. The highest BCUT2D eigenvalue weighted by Crippen LogP contribution is 2.38. The Morgan fingerprint density at radius 2 is 1.92 bits per heavy atom. The van der Waals surface area contributed by atoms with Gasteiger partial charge in [0.05, 0.1) is 6.54 Å². The van der Waals surface area contributed by atoms with Crippen molar-refractivity contribution in [2.75, 3.05) is 19.0 Å². The second kappa shape index (κ2) is 5.11. The van der Waals surface area contributed by atoms with Gasteiger partial charge in [0.2, 0.25) is 0 Å². The molecule has 1 aliphatic carbocycles. The summed E-state index contributed by atoms with van der Waals surface area (Å²) < 4.78 is 23.7. The minimum absolute atomic E-state index is 0.0937. The van der Waals surface area contributed by atoms with Gasteiger partial charge in [0.1, 0.15) is 0 Å². The van der Waals surface area contributed by atoms with E-state index in [-0.39, 0.29) is 12.0 Å². The van der Waals surface area contributed by atoms with Crippen molar-refractivity contribution >= 4 is 11.6 Å². The van der Waals surface area contributed by atoms with Crippen molar-refractivity contribution in [2.45, 2.75) is 32.1 Å². The first-order chi connectivity index (χ1) is 6.18. The Morgan fingerprint density at radius 3 is 2.38 bits per heavy atom. The predicted molar refractivity (Wildman–Crippen MR) is 50.5 cm³/mol. The van der Waals surface area contributed by atoms with Crippen molar-refractivity contribution in [3.8, 4) is 0 Å². The van der Waals surface area contributed by atoms with Crippen LogP contribution in [0.25, 0.3) is 0 Å². The Kier molecular flexibility index (Phi) is 4.39. The van der Waals surface area contributed by atoms with Crippen LogP contribution in [-0.4, -0.2) is 25.4 Å². The van der Waals surface area contributed by atoms with Crippen LogP contribution in [0.4, 0.5) is 8.78 Å². The average Bonchev–Trinajstić information content (AvgIpc) is 2.53. The third-order valence-electron chi connectivity index (χ3n) is 2.75. The Balaban J connectivity index is 2.23. The maximum atomic E-state index is 11.8. The number of halogens is 3. The number of hydrogen-bond acceptors (Lipinski definition) is 1. The highest BCUT2D eigenvalue weighted by Gasteiger charge is 2.32. The van der Waals surface area contributed by atoms with E-state index in [0.717, 1.165) is 12.8 Å². The zero-order chi connectivity index (χ0) is 9.73. The van der Waals surface area contributed by atoms with Crippen LogP contribution < -0.4 is 5.32 Å². The molecule has 0 aliphatic heterocycles. The van der Waals surface area contributed by atoms with Crippen molar-refractivity contribution in [2.24, 2.45) is 5.41 Å². The maximum Gasteiger partial charge on any atom is 0.250 e. The van der Waals surface area contributed by atoms with Crippen LogP contribution in [0.1, 0.15) is 25.7 Å². The third kappa shape index (κ3) is 3.39. The van der Waals surface area contributed by atoms with Gasteiger partial charge in [0, 0.05) is 12.4 Å². The van der Waals surface area contributed by atoms with Crippen molar-refractivity contribution in [1.82, 2.24) is 5.32 Å². The molecule has 0 radical (unpaired) electrons. The summed E-state index contributed by atoms with van der Waals surface area (Å²) in [5.74, 6) is 0.587. The van der Waals surface area contributed by atoms with Gasteiger partial charge in [-0.2, -0.15) is 0 Å². The molecule has 4 heteroatoms. The van der Waals surface area contributed by atoms with Gasteiger partial charge in [-0.3, -0.25) is 0 Å². The number of rotatable bonds is 5. The number of hydrogen-bond donors (Lipinski definition) is 1. The van der Waals surface area contributed by atoms with Crippen LogP contribution in [0.5, 0.6) is 0 Å². The summed E-state index contributed by atoms with van der Waals surface area (Å²) in [6.45, 7) is 0.430. The first-order valence-electron chi connectivity index (χ1n) is 4.73. The van der Waals surface area contributed by atoms with E-state index in [9.17, 15) is 8.78 Å². The molecule has 0 amide bonds.